The molecule has 0 N–H and O–H groups in total. The second-order valence-corrected chi connectivity index (χ2v) is 5.11. The van der Waals surface area contributed by atoms with E-state index in [9.17, 15) is 19.3 Å². The Morgan fingerprint density at radius 2 is 2.09 bits per heavy atom. The van der Waals surface area contributed by atoms with Gasteiger partial charge in [-0.3, -0.25) is 19.8 Å². The predicted octanol–water partition coefficient (Wildman–Crippen LogP) is 1.42. The molecule has 1 atom stereocenters. The van der Waals surface area contributed by atoms with Crippen LogP contribution in [0, 0.1) is 15.9 Å². The van der Waals surface area contributed by atoms with Gasteiger partial charge in [-0.2, -0.15) is 4.39 Å². The lowest BCUT2D eigenvalue weighted by Gasteiger charge is -2.33. The minimum atomic E-state index is -0.957. The minimum absolute atomic E-state index is 0.199. The lowest BCUT2D eigenvalue weighted by atomic mass is 10.2. The van der Waals surface area contributed by atoms with Gasteiger partial charge in [0.15, 0.2) is 0 Å². The lowest BCUT2D eigenvalue weighted by molar-refractivity contribution is -0.387. The molecule has 1 aliphatic rings. The smallest absolute Gasteiger partial charge is 0.304 e. The molecular formula is C14H18FN3O4. The van der Waals surface area contributed by atoms with Crippen molar-refractivity contribution in [3.8, 4) is 0 Å². The summed E-state index contributed by atoms with van der Waals surface area (Å²) >= 11 is 0. The molecule has 1 amide bonds. The maximum Gasteiger partial charge on any atom is 0.304 e. The van der Waals surface area contributed by atoms with E-state index in [1.165, 1.54) is 18.0 Å². The van der Waals surface area contributed by atoms with E-state index in [-0.39, 0.29) is 17.6 Å². The van der Waals surface area contributed by atoms with Crippen LogP contribution in [0.3, 0.4) is 0 Å². The molecule has 1 aromatic carbocycles. The number of nitro benzene ring substituents is 1. The van der Waals surface area contributed by atoms with Gasteiger partial charge in [-0.05, 0) is 13.0 Å². The zero-order valence-corrected chi connectivity index (χ0v) is 12.5. The summed E-state index contributed by atoms with van der Waals surface area (Å²) in [6, 6.07) is 3.06. The van der Waals surface area contributed by atoms with Gasteiger partial charge in [0.2, 0.25) is 11.7 Å². The van der Waals surface area contributed by atoms with Crippen molar-refractivity contribution in [2.24, 2.45) is 0 Å². The highest BCUT2D eigenvalue weighted by Gasteiger charge is 2.27. The monoisotopic (exact) mass is 311 g/mol. The first-order chi connectivity index (χ1) is 10.4. The molecule has 0 unspecified atom stereocenters. The number of ether oxygens (including phenoxy) is 1. The molecule has 1 saturated heterocycles. The molecule has 22 heavy (non-hydrogen) atoms. The molecule has 0 aliphatic carbocycles. The van der Waals surface area contributed by atoms with Crippen LogP contribution in [0.1, 0.15) is 6.92 Å². The first-order valence-corrected chi connectivity index (χ1v) is 6.95. The Balaban J connectivity index is 2.12. The Bertz CT molecular complexity index is 575. The van der Waals surface area contributed by atoms with E-state index in [4.69, 9.17) is 4.74 Å². The van der Waals surface area contributed by atoms with Gasteiger partial charge < -0.3 is 9.64 Å². The summed E-state index contributed by atoms with van der Waals surface area (Å²) in [6.07, 6.45) is 0. The van der Waals surface area contributed by atoms with Crippen molar-refractivity contribution in [1.29, 1.82) is 0 Å². The minimum Gasteiger partial charge on any atom is -0.379 e. The number of rotatable bonds is 4. The van der Waals surface area contributed by atoms with E-state index < -0.39 is 16.4 Å². The van der Waals surface area contributed by atoms with Crippen LogP contribution < -0.4 is 4.90 Å². The van der Waals surface area contributed by atoms with E-state index in [0.717, 1.165) is 12.1 Å². The molecule has 120 valence electrons. The Hall–Kier alpha value is -2.06. The zero-order valence-electron chi connectivity index (χ0n) is 12.5. The van der Waals surface area contributed by atoms with Crippen LogP contribution in [0.4, 0.5) is 15.8 Å². The van der Waals surface area contributed by atoms with E-state index in [1.807, 2.05) is 4.90 Å². The first kappa shape index (κ1) is 16.3. The number of carbonyl (C=O) groups excluding carboxylic acids is 1. The van der Waals surface area contributed by atoms with E-state index in [2.05, 4.69) is 0 Å². The predicted molar refractivity (Wildman–Crippen MR) is 78.3 cm³/mol. The molecule has 0 bridgehead atoms. The molecule has 1 aromatic rings. The van der Waals surface area contributed by atoms with E-state index in [1.54, 1.807) is 6.92 Å². The lowest BCUT2D eigenvalue weighted by Crippen LogP contribution is -2.50. The average molecular weight is 311 g/mol. The average Bonchev–Trinajstić information content (AvgIpc) is 2.53. The quantitative estimate of drug-likeness (QED) is 0.621. The number of halogens is 1. The number of nitro groups is 1. The Morgan fingerprint density at radius 3 is 2.64 bits per heavy atom. The van der Waals surface area contributed by atoms with Crippen molar-refractivity contribution in [3.05, 3.63) is 34.1 Å². The maximum atomic E-state index is 13.7. The summed E-state index contributed by atoms with van der Waals surface area (Å²) in [7, 11) is 1.53. The molecule has 1 fully saturated rings. The van der Waals surface area contributed by atoms with Crippen molar-refractivity contribution in [2.75, 3.05) is 38.3 Å². The molecule has 0 radical (unpaired) electrons. The number of hydrogen-bond donors (Lipinski definition) is 0. The Morgan fingerprint density at radius 1 is 1.45 bits per heavy atom. The highest BCUT2D eigenvalue weighted by molar-refractivity contribution is 5.96. The van der Waals surface area contributed by atoms with E-state index >= 15 is 0 Å². The highest BCUT2D eigenvalue weighted by atomic mass is 19.1. The van der Waals surface area contributed by atoms with Crippen LogP contribution in [0.15, 0.2) is 18.2 Å². The summed E-state index contributed by atoms with van der Waals surface area (Å²) in [4.78, 5) is 25.6. The molecule has 7 nitrogen and oxygen atoms in total. The van der Waals surface area contributed by atoms with Gasteiger partial charge in [-0.25, -0.2) is 0 Å². The van der Waals surface area contributed by atoms with Crippen LogP contribution in [0.5, 0.6) is 0 Å². The fraction of sp³-hybridized carbons (Fsp3) is 0.500. The van der Waals surface area contributed by atoms with Crippen molar-refractivity contribution in [3.63, 3.8) is 0 Å². The van der Waals surface area contributed by atoms with Crippen LogP contribution in [0.25, 0.3) is 0 Å². The molecular weight excluding hydrogens is 293 g/mol. The number of morpholine rings is 1. The zero-order chi connectivity index (χ0) is 16.3. The third kappa shape index (κ3) is 3.40. The fourth-order valence-electron chi connectivity index (χ4n) is 2.38. The molecule has 1 heterocycles. The Kier molecular flexibility index (Phi) is 5.04. The van der Waals surface area contributed by atoms with E-state index in [0.29, 0.717) is 26.3 Å². The summed E-state index contributed by atoms with van der Waals surface area (Å²) in [5, 5.41) is 10.6. The fourth-order valence-corrected chi connectivity index (χ4v) is 2.38. The van der Waals surface area contributed by atoms with Crippen molar-refractivity contribution in [2.45, 2.75) is 13.0 Å². The molecule has 8 heteroatoms. The standard InChI is InChI=1S/C14H18FN3O4/c1-10(17-5-7-22-8-6-17)14(19)16(2)11-3-4-13(18(20)21)12(15)9-11/h3-4,9-10H,5-8H2,1-2H3/t10-/m0/s1. The van der Waals surface area contributed by atoms with Crippen LogP contribution in [-0.2, 0) is 9.53 Å². The number of nitrogens with zero attached hydrogens (tertiary/aromatic N) is 3. The third-order valence-corrected chi connectivity index (χ3v) is 3.80. The first-order valence-electron chi connectivity index (χ1n) is 6.95. The number of likely N-dealkylation sites (N-methyl/N-ethyl adjacent to an activating group) is 1. The topological polar surface area (TPSA) is 75.9 Å². The SMILES string of the molecule is C[C@@H](C(=O)N(C)c1ccc([N+](=O)[O-])c(F)c1)N1CCOCC1. The molecule has 0 spiro atoms. The Labute approximate surface area is 127 Å². The number of anilines is 1. The second-order valence-electron chi connectivity index (χ2n) is 5.11. The molecule has 0 aromatic heterocycles. The van der Waals surface area contributed by atoms with Gasteiger partial charge in [0, 0.05) is 38.0 Å². The number of amides is 1. The number of benzene rings is 1. The van der Waals surface area contributed by atoms with Crippen molar-refractivity contribution >= 4 is 17.3 Å². The van der Waals surface area contributed by atoms with Gasteiger partial charge in [-0.15, -0.1) is 0 Å². The number of carbonyl (C=O) groups is 1. The van der Waals surface area contributed by atoms with Gasteiger partial charge in [-0.1, -0.05) is 0 Å². The third-order valence-electron chi connectivity index (χ3n) is 3.80. The molecule has 2 rings (SSSR count). The molecule has 0 saturated carbocycles. The van der Waals surface area contributed by atoms with Gasteiger partial charge in [0.05, 0.1) is 24.2 Å². The van der Waals surface area contributed by atoms with Crippen LogP contribution in [0.2, 0.25) is 0 Å². The van der Waals surface area contributed by atoms with Crippen molar-refractivity contribution in [1.82, 2.24) is 4.90 Å². The maximum absolute atomic E-state index is 13.7. The second kappa shape index (κ2) is 6.80. The van der Waals surface area contributed by atoms with Crippen molar-refractivity contribution < 1.29 is 18.8 Å². The van der Waals surface area contributed by atoms with Crippen LogP contribution >= 0.6 is 0 Å². The summed E-state index contributed by atoms with van der Waals surface area (Å²) in [5.41, 5.74) is -0.320. The summed E-state index contributed by atoms with van der Waals surface area (Å²) in [5.74, 6) is -1.16. The largest absolute Gasteiger partial charge is 0.379 e. The van der Waals surface area contributed by atoms with Gasteiger partial charge in [0.25, 0.3) is 0 Å². The summed E-state index contributed by atoms with van der Waals surface area (Å²) < 4.78 is 18.9. The van der Waals surface area contributed by atoms with Gasteiger partial charge in [0.1, 0.15) is 0 Å². The number of hydrogen-bond acceptors (Lipinski definition) is 5. The highest BCUT2D eigenvalue weighted by Crippen LogP contribution is 2.23. The molecule has 1 aliphatic heterocycles. The van der Waals surface area contributed by atoms with Gasteiger partial charge >= 0.3 is 5.69 Å². The summed E-state index contributed by atoms with van der Waals surface area (Å²) in [6.45, 7) is 4.26. The normalized spacial score (nSPS) is 17.0. The van der Waals surface area contributed by atoms with Crippen LogP contribution in [-0.4, -0.2) is 55.1 Å².